The molecule has 0 aliphatic carbocycles. The van der Waals surface area contributed by atoms with E-state index < -0.39 is 4.92 Å². The molecule has 0 saturated carbocycles. The van der Waals surface area contributed by atoms with E-state index in [1.54, 1.807) is 12.1 Å². The second-order valence-corrected chi connectivity index (χ2v) is 3.44. The fraction of sp³-hybridized carbons (Fsp3) is 0.400. The van der Waals surface area contributed by atoms with Gasteiger partial charge in [0.15, 0.2) is 5.75 Å². The zero-order valence-corrected chi connectivity index (χ0v) is 8.77. The highest BCUT2D eigenvalue weighted by Crippen LogP contribution is 2.27. The van der Waals surface area contributed by atoms with E-state index >= 15 is 0 Å². The third kappa shape index (κ3) is 2.92. The molecular formula is C10H14N2O3. The van der Waals surface area contributed by atoms with Crippen LogP contribution >= 0.6 is 0 Å². The largest absolute Gasteiger partial charge is 0.490 e. The molecule has 5 nitrogen and oxygen atoms in total. The van der Waals surface area contributed by atoms with Crippen molar-refractivity contribution in [1.29, 1.82) is 0 Å². The first-order valence-corrected chi connectivity index (χ1v) is 4.61. The molecular weight excluding hydrogens is 196 g/mol. The van der Waals surface area contributed by atoms with Crippen LogP contribution in [0.4, 0.5) is 5.69 Å². The van der Waals surface area contributed by atoms with Crippen molar-refractivity contribution in [3.05, 3.63) is 33.9 Å². The van der Waals surface area contributed by atoms with Crippen LogP contribution in [0, 0.1) is 10.1 Å². The van der Waals surface area contributed by atoms with Crippen LogP contribution in [0.3, 0.4) is 0 Å². The highest BCUT2D eigenvalue weighted by molar-refractivity contribution is 5.48. The molecule has 15 heavy (non-hydrogen) atoms. The summed E-state index contributed by atoms with van der Waals surface area (Å²) in [4.78, 5) is 10.3. The minimum Gasteiger partial charge on any atom is -0.490 e. The van der Waals surface area contributed by atoms with Crippen LogP contribution in [0.15, 0.2) is 18.2 Å². The lowest BCUT2D eigenvalue weighted by molar-refractivity contribution is -0.385. The molecule has 0 radical (unpaired) electrons. The van der Waals surface area contributed by atoms with E-state index in [-0.39, 0.29) is 17.5 Å². The summed E-state index contributed by atoms with van der Waals surface area (Å²) in [5, 5.41) is 10.7. The van der Waals surface area contributed by atoms with Crippen molar-refractivity contribution < 1.29 is 9.66 Å². The first-order valence-electron chi connectivity index (χ1n) is 4.61. The number of nitro groups is 1. The van der Waals surface area contributed by atoms with Crippen molar-refractivity contribution in [3.63, 3.8) is 0 Å². The molecule has 0 fully saturated rings. The van der Waals surface area contributed by atoms with E-state index in [0.29, 0.717) is 6.42 Å². The SMILES string of the molecule is COc1ccc(CC(C)N)cc1[N+](=O)[O-]. The lowest BCUT2D eigenvalue weighted by Crippen LogP contribution is -2.17. The Hall–Kier alpha value is -1.62. The van der Waals surface area contributed by atoms with E-state index in [0.717, 1.165) is 5.56 Å². The lowest BCUT2D eigenvalue weighted by Gasteiger charge is -2.06. The second-order valence-electron chi connectivity index (χ2n) is 3.44. The molecule has 0 heterocycles. The number of hydrogen-bond donors (Lipinski definition) is 1. The Kier molecular flexibility index (Phi) is 3.62. The maximum atomic E-state index is 10.7. The van der Waals surface area contributed by atoms with Crippen LogP contribution in [0.2, 0.25) is 0 Å². The zero-order valence-electron chi connectivity index (χ0n) is 8.77. The predicted molar refractivity (Wildman–Crippen MR) is 57.0 cm³/mol. The highest BCUT2D eigenvalue weighted by atomic mass is 16.6. The van der Waals surface area contributed by atoms with Crippen LogP contribution in [0.5, 0.6) is 5.75 Å². The summed E-state index contributed by atoms with van der Waals surface area (Å²) >= 11 is 0. The Morgan fingerprint density at radius 3 is 2.73 bits per heavy atom. The number of rotatable bonds is 4. The molecule has 82 valence electrons. The number of nitrogens with two attached hydrogens (primary N) is 1. The Balaban J connectivity index is 3.05. The molecule has 0 aliphatic heterocycles. The number of ether oxygens (including phenoxy) is 1. The summed E-state index contributed by atoms with van der Waals surface area (Å²) in [6.07, 6.45) is 0.616. The summed E-state index contributed by atoms with van der Waals surface area (Å²) in [5.41, 5.74) is 6.45. The molecule has 1 aromatic carbocycles. The minimum atomic E-state index is -0.455. The van der Waals surface area contributed by atoms with Gasteiger partial charge in [-0.3, -0.25) is 10.1 Å². The van der Waals surface area contributed by atoms with Gasteiger partial charge >= 0.3 is 5.69 Å². The van der Waals surface area contributed by atoms with Crippen molar-refractivity contribution in [1.82, 2.24) is 0 Å². The zero-order chi connectivity index (χ0) is 11.4. The van der Waals surface area contributed by atoms with Gasteiger partial charge in [0, 0.05) is 12.1 Å². The van der Waals surface area contributed by atoms with Gasteiger partial charge in [-0.2, -0.15) is 0 Å². The lowest BCUT2D eigenvalue weighted by atomic mass is 10.1. The van der Waals surface area contributed by atoms with Gasteiger partial charge in [-0.25, -0.2) is 0 Å². The topological polar surface area (TPSA) is 78.4 Å². The maximum Gasteiger partial charge on any atom is 0.311 e. The van der Waals surface area contributed by atoms with Gasteiger partial charge < -0.3 is 10.5 Å². The standard InChI is InChI=1S/C10H14N2O3/c1-7(11)5-8-3-4-10(15-2)9(6-8)12(13)14/h3-4,6-7H,5,11H2,1-2H3. The van der Waals surface area contributed by atoms with Crippen molar-refractivity contribution >= 4 is 5.69 Å². The highest BCUT2D eigenvalue weighted by Gasteiger charge is 2.15. The number of methoxy groups -OCH3 is 1. The molecule has 0 bridgehead atoms. The summed E-state index contributed by atoms with van der Waals surface area (Å²) in [7, 11) is 1.41. The number of nitro benzene ring substituents is 1. The van der Waals surface area contributed by atoms with Crippen LogP contribution in [-0.2, 0) is 6.42 Å². The van der Waals surface area contributed by atoms with E-state index in [1.165, 1.54) is 13.2 Å². The van der Waals surface area contributed by atoms with Gasteiger partial charge in [-0.05, 0) is 25.0 Å². The normalized spacial score (nSPS) is 12.2. The van der Waals surface area contributed by atoms with E-state index in [4.69, 9.17) is 10.5 Å². The Labute approximate surface area is 88.0 Å². The second kappa shape index (κ2) is 4.75. The molecule has 1 atom stereocenters. The Bertz CT molecular complexity index is 364. The predicted octanol–water partition coefficient (Wildman–Crippen LogP) is 1.49. The molecule has 0 spiro atoms. The summed E-state index contributed by atoms with van der Waals surface area (Å²) in [6, 6.07) is 4.87. The number of benzene rings is 1. The molecule has 5 heteroatoms. The third-order valence-corrected chi connectivity index (χ3v) is 2.00. The van der Waals surface area contributed by atoms with Crippen LogP contribution < -0.4 is 10.5 Å². The fourth-order valence-electron chi connectivity index (χ4n) is 1.38. The minimum absolute atomic E-state index is 0.0157. The monoisotopic (exact) mass is 210 g/mol. The van der Waals surface area contributed by atoms with E-state index in [2.05, 4.69) is 0 Å². The van der Waals surface area contributed by atoms with Crippen molar-refractivity contribution in [2.75, 3.05) is 7.11 Å². The Morgan fingerprint density at radius 1 is 1.60 bits per heavy atom. The van der Waals surface area contributed by atoms with Crippen molar-refractivity contribution in [2.24, 2.45) is 5.73 Å². The van der Waals surface area contributed by atoms with Crippen LogP contribution in [0.25, 0.3) is 0 Å². The van der Waals surface area contributed by atoms with Gasteiger partial charge in [0.1, 0.15) is 0 Å². The molecule has 0 saturated heterocycles. The van der Waals surface area contributed by atoms with Gasteiger partial charge in [0.2, 0.25) is 0 Å². The van der Waals surface area contributed by atoms with Gasteiger partial charge in [-0.15, -0.1) is 0 Å². The third-order valence-electron chi connectivity index (χ3n) is 2.00. The van der Waals surface area contributed by atoms with Gasteiger partial charge in [0.25, 0.3) is 0 Å². The van der Waals surface area contributed by atoms with E-state index in [1.807, 2.05) is 6.92 Å². The van der Waals surface area contributed by atoms with Gasteiger partial charge in [0.05, 0.1) is 12.0 Å². The van der Waals surface area contributed by atoms with Crippen LogP contribution in [0.1, 0.15) is 12.5 Å². The Morgan fingerprint density at radius 2 is 2.27 bits per heavy atom. The van der Waals surface area contributed by atoms with E-state index in [9.17, 15) is 10.1 Å². The number of nitrogens with zero attached hydrogens (tertiary/aromatic N) is 1. The average molecular weight is 210 g/mol. The molecule has 1 unspecified atom stereocenters. The molecule has 1 rings (SSSR count). The van der Waals surface area contributed by atoms with Gasteiger partial charge in [-0.1, -0.05) is 6.07 Å². The van der Waals surface area contributed by atoms with Crippen LogP contribution in [-0.4, -0.2) is 18.1 Å². The molecule has 0 amide bonds. The summed E-state index contributed by atoms with van der Waals surface area (Å²) in [5.74, 6) is 0.272. The maximum absolute atomic E-state index is 10.7. The molecule has 2 N–H and O–H groups in total. The molecule has 0 aliphatic rings. The first kappa shape index (κ1) is 11.5. The first-order chi connectivity index (χ1) is 7.04. The summed E-state index contributed by atoms with van der Waals surface area (Å²) in [6.45, 7) is 1.86. The quantitative estimate of drug-likeness (QED) is 0.603. The van der Waals surface area contributed by atoms with Crippen molar-refractivity contribution in [3.8, 4) is 5.75 Å². The molecule has 1 aromatic rings. The number of hydrogen-bond acceptors (Lipinski definition) is 4. The summed E-state index contributed by atoms with van der Waals surface area (Å²) < 4.78 is 4.89. The van der Waals surface area contributed by atoms with Crippen molar-refractivity contribution in [2.45, 2.75) is 19.4 Å². The average Bonchev–Trinajstić information content (AvgIpc) is 2.16. The molecule has 0 aromatic heterocycles. The fourth-order valence-corrected chi connectivity index (χ4v) is 1.38. The smallest absolute Gasteiger partial charge is 0.311 e.